The monoisotopic (exact) mass is 360 g/mol. The van der Waals surface area contributed by atoms with Crippen molar-refractivity contribution < 1.29 is 9.90 Å². The van der Waals surface area contributed by atoms with Gasteiger partial charge in [0.15, 0.2) is 0 Å². The minimum atomic E-state index is -0.523. The highest BCUT2D eigenvalue weighted by Gasteiger charge is 2.13. The van der Waals surface area contributed by atoms with E-state index >= 15 is 0 Å². The van der Waals surface area contributed by atoms with Crippen molar-refractivity contribution in [1.29, 1.82) is 0 Å². The van der Waals surface area contributed by atoms with Crippen LogP contribution in [0.3, 0.4) is 0 Å². The zero-order chi connectivity index (χ0) is 14.9. The fourth-order valence-electron chi connectivity index (χ4n) is 1.53. The van der Waals surface area contributed by atoms with E-state index in [0.29, 0.717) is 4.47 Å². The van der Waals surface area contributed by atoms with Crippen molar-refractivity contribution in [3.63, 3.8) is 0 Å². The maximum atomic E-state index is 11.8. The lowest BCUT2D eigenvalue weighted by molar-refractivity contribution is -0.117. The van der Waals surface area contributed by atoms with Crippen LogP contribution in [0.1, 0.15) is 0 Å². The largest absolute Gasteiger partial charge is 0.506 e. The van der Waals surface area contributed by atoms with Gasteiger partial charge in [-0.15, -0.1) is 0 Å². The standard InChI is InChI=1S/C11H10BrClN4O3/c1-16-5-14-17(11(16)20)4-9(19)15-10-7(13)2-6(12)3-8(10)18/h2-3,5,18H,4H2,1H3,(H,15,19). The van der Waals surface area contributed by atoms with Crippen LogP contribution < -0.4 is 11.0 Å². The van der Waals surface area contributed by atoms with E-state index in [4.69, 9.17) is 11.6 Å². The number of aromatic hydroxyl groups is 1. The number of amides is 1. The first-order chi connectivity index (χ1) is 9.38. The van der Waals surface area contributed by atoms with Gasteiger partial charge in [-0.2, -0.15) is 5.10 Å². The van der Waals surface area contributed by atoms with Crippen molar-refractivity contribution in [2.24, 2.45) is 7.05 Å². The Kier molecular flexibility index (Phi) is 4.15. The SMILES string of the molecule is Cn1cnn(CC(=O)Nc2c(O)cc(Br)cc2Cl)c1=O. The number of hydrogen-bond donors (Lipinski definition) is 2. The molecule has 2 N–H and O–H groups in total. The minimum absolute atomic E-state index is 0.0869. The molecule has 0 aliphatic carbocycles. The fourth-order valence-corrected chi connectivity index (χ4v) is 2.37. The smallest absolute Gasteiger partial charge is 0.345 e. The molecule has 0 aliphatic rings. The number of carbonyl (C=O) groups is 1. The lowest BCUT2D eigenvalue weighted by Gasteiger charge is -2.09. The molecule has 1 amide bonds. The third kappa shape index (κ3) is 3.02. The number of aryl methyl sites for hydroxylation is 1. The number of nitrogens with zero attached hydrogens (tertiary/aromatic N) is 3. The van der Waals surface area contributed by atoms with Crippen LogP contribution in [0.25, 0.3) is 0 Å². The summed E-state index contributed by atoms with van der Waals surface area (Å²) < 4.78 is 2.83. The number of nitrogens with one attached hydrogen (secondary N) is 1. The Bertz CT molecular complexity index is 702. The number of phenolic OH excluding ortho intramolecular Hbond substituents is 1. The van der Waals surface area contributed by atoms with Gasteiger partial charge in [-0.05, 0) is 12.1 Å². The quantitative estimate of drug-likeness (QED) is 0.808. The minimum Gasteiger partial charge on any atom is -0.506 e. The molecular weight excluding hydrogens is 352 g/mol. The third-order valence-corrected chi connectivity index (χ3v) is 3.23. The highest BCUT2D eigenvalue weighted by Crippen LogP contribution is 2.34. The normalized spacial score (nSPS) is 10.6. The van der Waals surface area contributed by atoms with Crippen LogP contribution in [0.15, 0.2) is 27.7 Å². The predicted molar refractivity (Wildman–Crippen MR) is 76.9 cm³/mol. The summed E-state index contributed by atoms with van der Waals surface area (Å²) in [7, 11) is 1.53. The Morgan fingerprint density at radius 2 is 2.25 bits per heavy atom. The molecule has 106 valence electrons. The van der Waals surface area contributed by atoms with Gasteiger partial charge >= 0.3 is 5.69 Å². The summed E-state index contributed by atoms with van der Waals surface area (Å²) in [6, 6.07) is 2.93. The van der Waals surface area contributed by atoms with E-state index in [2.05, 4.69) is 26.3 Å². The van der Waals surface area contributed by atoms with Gasteiger partial charge in [-0.25, -0.2) is 9.48 Å². The molecular formula is C11H10BrClN4O3. The summed E-state index contributed by atoms with van der Waals surface area (Å²) in [5, 5.41) is 16.1. The van der Waals surface area contributed by atoms with Gasteiger partial charge in [-0.1, -0.05) is 27.5 Å². The molecule has 20 heavy (non-hydrogen) atoms. The average molecular weight is 362 g/mol. The summed E-state index contributed by atoms with van der Waals surface area (Å²) in [5.41, 5.74) is -0.324. The lowest BCUT2D eigenvalue weighted by Crippen LogP contribution is -2.29. The number of benzene rings is 1. The highest BCUT2D eigenvalue weighted by atomic mass is 79.9. The van der Waals surface area contributed by atoms with Gasteiger partial charge in [0.2, 0.25) is 5.91 Å². The zero-order valence-electron chi connectivity index (χ0n) is 10.3. The highest BCUT2D eigenvalue weighted by molar-refractivity contribution is 9.10. The Morgan fingerprint density at radius 1 is 1.55 bits per heavy atom. The fraction of sp³-hybridized carbons (Fsp3) is 0.182. The topological polar surface area (TPSA) is 89.2 Å². The molecule has 0 saturated carbocycles. The number of rotatable bonds is 3. The van der Waals surface area contributed by atoms with Gasteiger partial charge in [0.25, 0.3) is 0 Å². The van der Waals surface area contributed by atoms with E-state index < -0.39 is 11.6 Å². The number of carbonyl (C=O) groups excluding carboxylic acids is 1. The predicted octanol–water partition coefficient (Wildman–Crippen LogP) is 1.34. The van der Waals surface area contributed by atoms with E-state index in [0.717, 1.165) is 4.68 Å². The first-order valence-corrected chi connectivity index (χ1v) is 6.62. The molecule has 2 rings (SSSR count). The lowest BCUT2D eigenvalue weighted by atomic mass is 10.3. The third-order valence-electron chi connectivity index (χ3n) is 2.48. The summed E-state index contributed by atoms with van der Waals surface area (Å²) in [6.45, 7) is -0.272. The van der Waals surface area contributed by atoms with Crippen molar-refractivity contribution in [3.05, 3.63) is 38.4 Å². The van der Waals surface area contributed by atoms with Gasteiger partial charge in [0.05, 0.1) is 5.02 Å². The molecule has 1 heterocycles. The van der Waals surface area contributed by atoms with Crippen LogP contribution in [0.4, 0.5) is 5.69 Å². The maximum Gasteiger partial charge on any atom is 0.345 e. The molecule has 0 saturated heterocycles. The van der Waals surface area contributed by atoms with Crippen LogP contribution in [0, 0.1) is 0 Å². The van der Waals surface area contributed by atoms with E-state index in [9.17, 15) is 14.7 Å². The molecule has 9 heteroatoms. The van der Waals surface area contributed by atoms with Gasteiger partial charge in [0, 0.05) is 11.5 Å². The van der Waals surface area contributed by atoms with Gasteiger partial charge < -0.3 is 10.4 Å². The Labute approximate surface area is 126 Å². The van der Waals surface area contributed by atoms with E-state index in [1.165, 1.54) is 30.1 Å². The number of hydrogen-bond acceptors (Lipinski definition) is 4. The Balaban J connectivity index is 2.17. The van der Waals surface area contributed by atoms with Crippen molar-refractivity contribution in [2.75, 3.05) is 5.32 Å². The average Bonchev–Trinajstić information content (AvgIpc) is 2.66. The van der Waals surface area contributed by atoms with E-state index in [1.807, 2.05) is 0 Å². The summed E-state index contributed by atoms with van der Waals surface area (Å²) in [4.78, 5) is 23.4. The maximum absolute atomic E-state index is 11.8. The molecule has 0 aliphatic heterocycles. The van der Waals surface area contributed by atoms with Crippen LogP contribution in [0.2, 0.25) is 5.02 Å². The van der Waals surface area contributed by atoms with Crippen molar-refractivity contribution in [3.8, 4) is 5.75 Å². The first kappa shape index (κ1) is 14.6. The molecule has 0 fully saturated rings. The van der Waals surface area contributed by atoms with E-state index in [-0.39, 0.29) is 23.0 Å². The molecule has 0 atom stereocenters. The number of aromatic nitrogens is 3. The second-order valence-corrected chi connectivity index (χ2v) is 5.33. The van der Waals surface area contributed by atoms with Crippen LogP contribution in [-0.4, -0.2) is 25.4 Å². The molecule has 1 aromatic carbocycles. The first-order valence-electron chi connectivity index (χ1n) is 5.45. The Hall–Kier alpha value is -1.80. The number of phenols is 1. The van der Waals surface area contributed by atoms with Crippen LogP contribution >= 0.6 is 27.5 Å². The van der Waals surface area contributed by atoms with Crippen LogP contribution in [-0.2, 0) is 18.4 Å². The van der Waals surface area contributed by atoms with Crippen molar-refractivity contribution in [1.82, 2.24) is 14.3 Å². The molecule has 0 spiro atoms. The zero-order valence-corrected chi connectivity index (χ0v) is 12.6. The van der Waals surface area contributed by atoms with Gasteiger partial charge in [-0.3, -0.25) is 9.36 Å². The number of halogens is 2. The summed E-state index contributed by atoms with van der Waals surface area (Å²) in [6.07, 6.45) is 1.31. The van der Waals surface area contributed by atoms with Gasteiger partial charge in [0.1, 0.15) is 24.3 Å². The van der Waals surface area contributed by atoms with Crippen molar-refractivity contribution in [2.45, 2.75) is 6.54 Å². The van der Waals surface area contributed by atoms with Crippen LogP contribution in [0.5, 0.6) is 5.75 Å². The second kappa shape index (κ2) is 5.68. The molecule has 0 bridgehead atoms. The summed E-state index contributed by atoms with van der Waals surface area (Å²) in [5.74, 6) is -0.698. The molecule has 1 aromatic heterocycles. The molecule has 7 nitrogen and oxygen atoms in total. The second-order valence-electron chi connectivity index (χ2n) is 4.01. The number of anilines is 1. The molecule has 0 unspecified atom stereocenters. The summed E-state index contributed by atoms with van der Waals surface area (Å²) >= 11 is 9.09. The van der Waals surface area contributed by atoms with Crippen molar-refractivity contribution >= 4 is 39.1 Å². The molecule has 2 aromatic rings. The molecule has 0 radical (unpaired) electrons. The Morgan fingerprint density at radius 3 is 2.80 bits per heavy atom. The van der Waals surface area contributed by atoms with E-state index in [1.54, 1.807) is 0 Å².